The smallest absolute Gasteiger partial charge is 0.276 e. The zero-order valence-corrected chi connectivity index (χ0v) is 14.9. The molecule has 140 valence electrons. The van der Waals surface area contributed by atoms with Gasteiger partial charge in [0.25, 0.3) is 5.91 Å². The Hall–Kier alpha value is -3.73. The second-order valence-corrected chi connectivity index (χ2v) is 5.35. The molecule has 8 nitrogen and oxygen atoms in total. The molecule has 0 heterocycles. The van der Waals surface area contributed by atoms with E-state index >= 15 is 0 Å². The molecule has 0 radical (unpaired) electrons. The fraction of sp³-hybridized carbons (Fsp3) is 0.211. The third kappa shape index (κ3) is 5.64. The van der Waals surface area contributed by atoms with E-state index in [0.29, 0.717) is 28.4 Å². The molecule has 0 bridgehead atoms. The Morgan fingerprint density at radius 2 is 1.74 bits per heavy atom. The predicted molar refractivity (Wildman–Crippen MR) is 96.2 cm³/mol. The Labute approximate surface area is 156 Å². The van der Waals surface area contributed by atoms with Crippen LogP contribution in [0.3, 0.4) is 0 Å². The molecule has 0 saturated carbocycles. The standard InChI is InChI=1S/C19H19N3O5/c1-25-15-8-7-13(17(10-15)26-2)9-18(23)21-22-19(24)12-27-16-6-4-3-5-14(16)11-20/h3-8,10H,9,12H2,1-2H3,(H,21,23)(H,22,24). The quantitative estimate of drug-likeness (QED) is 0.713. The number of para-hydroxylation sites is 1. The molecule has 2 N–H and O–H groups in total. The van der Waals surface area contributed by atoms with Gasteiger partial charge in [0.1, 0.15) is 23.3 Å². The molecule has 0 spiro atoms. The van der Waals surface area contributed by atoms with Crippen LogP contribution < -0.4 is 25.1 Å². The first-order valence-corrected chi connectivity index (χ1v) is 7.98. The molecule has 2 amide bonds. The van der Waals surface area contributed by atoms with Gasteiger partial charge >= 0.3 is 0 Å². The average Bonchev–Trinajstić information content (AvgIpc) is 2.71. The summed E-state index contributed by atoms with van der Waals surface area (Å²) in [6.07, 6.45) is 0.00553. The van der Waals surface area contributed by atoms with Crippen LogP contribution in [0.2, 0.25) is 0 Å². The molecule has 27 heavy (non-hydrogen) atoms. The van der Waals surface area contributed by atoms with Gasteiger partial charge in [0, 0.05) is 11.6 Å². The maximum absolute atomic E-state index is 12.0. The number of methoxy groups -OCH3 is 2. The largest absolute Gasteiger partial charge is 0.497 e. The van der Waals surface area contributed by atoms with Crippen LogP contribution in [-0.2, 0) is 16.0 Å². The highest BCUT2D eigenvalue weighted by molar-refractivity contribution is 5.84. The Kier molecular flexibility index (Phi) is 7.02. The molecule has 0 aliphatic heterocycles. The van der Waals surface area contributed by atoms with E-state index in [1.165, 1.54) is 14.2 Å². The number of carbonyl (C=O) groups excluding carboxylic acids is 2. The zero-order valence-electron chi connectivity index (χ0n) is 14.9. The first-order valence-electron chi connectivity index (χ1n) is 7.98. The molecule has 2 aromatic rings. The molecule has 0 fully saturated rings. The number of rotatable bonds is 7. The predicted octanol–water partition coefficient (Wildman–Crippen LogP) is 1.34. The fourth-order valence-electron chi connectivity index (χ4n) is 2.22. The highest BCUT2D eigenvalue weighted by Crippen LogP contribution is 2.24. The Morgan fingerprint density at radius 3 is 2.44 bits per heavy atom. The van der Waals surface area contributed by atoms with Crippen molar-refractivity contribution < 1.29 is 23.8 Å². The minimum atomic E-state index is -0.558. The van der Waals surface area contributed by atoms with Crippen LogP contribution in [-0.4, -0.2) is 32.6 Å². The van der Waals surface area contributed by atoms with Crippen molar-refractivity contribution in [3.8, 4) is 23.3 Å². The summed E-state index contributed by atoms with van der Waals surface area (Å²) >= 11 is 0. The van der Waals surface area contributed by atoms with E-state index < -0.39 is 11.8 Å². The van der Waals surface area contributed by atoms with Crippen LogP contribution >= 0.6 is 0 Å². The second-order valence-electron chi connectivity index (χ2n) is 5.35. The highest BCUT2D eigenvalue weighted by Gasteiger charge is 2.12. The second kappa shape index (κ2) is 9.68. The van der Waals surface area contributed by atoms with Gasteiger partial charge < -0.3 is 14.2 Å². The molecular formula is C19H19N3O5. The molecular weight excluding hydrogens is 350 g/mol. The van der Waals surface area contributed by atoms with Crippen LogP contribution in [0.15, 0.2) is 42.5 Å². The van der Waals surface area contributed by atoms with Crippen molar-refractivity contribution in [3.05, 3.63) is 53.6 Å². The van der Waals surface area contributed by atoms with Crippen LogP contribution in [0.4, 0.5) is 0 Å². The number of hydrogen-bond acceptors (Lipinski definition) is 6. The zero-order chi connectivity index (χ0) is 19.6. The lowest BCUT2D eigenvalue weighted by Crippen LogP contribution is -2.44. The van der Waals surface area contributed by atoms with Gasteiger partial charge in [-0.1, -0.05) is 18.2 Å². The van der Waals surface area contributed by atoms with Gasteiger partial charge in [0.05, 0.1) is 26.2 Å². The summed E-state index contributed by atoms with van der Waals surface area (Å²) in [5.41, 5.74) is 5.53. The van der Waals surface area contributed by atoms with Gasteiger partial charge in [-0.15, -0.1) is 0 Å². The molecule has 0 aliphatic rings. The minimum Gasteiger partial charge on any atom is -0.497 e. The van der Waals surface area contributed by atoms with E-state index in [4.69, 9.17) is 19.5 Å². The van der Waals surface area contributed by atoms with Crippen molar-refractivity contribution >= 4 is 11.8 Å². The van der Waals surface area contributed by atoms with Crippen LogP contribution in [0.5, 0.6) is 17.2 Å². The average molecular weight is 369 g/mol. The maximum Gasteiger partial charge on any atom is 0.276 e. The van der Waals surface area contributed by atoms with Crippen molar-refractivity contribution in [2.75, 3.05) is 20.8 Å². The van der Waals surface area contributed by atoms with E-state index in [1.54, 1.807) is 42.5 Å². The topological polar surface area (TPSA) is 110 Å². The van der Waals surface area contributed by atoms with Gasteiger partial charge in [-0.05, 0) is 18.2 Å². The molecule has 2 rings (SSSR count). The number of hydrazine groups is 1. The first kappa shape index (κ1) is 19.6. The summed E-state index contributed by atoms with van der Waals surface area (Å²) in [5, 5.41) is 8.97. The third-order valence-corrected chi connectivity index (χ3v) is 3.55. The number of nitrogens with zero attached hydrogens (tertiary/aromatic N) is 1. The number of carbonyl (C=O) groups is 2. The Bertz CT molecular complexity index is 861. The number of benzene rings is 2. The summed E-state index contributed by atoms with van der Waals surface area (Å²) < 4.78 is 15.6. The lowest BCUT2D eigenvalue weighted by Gasteiger charge is -2.12. The Morgan fingerprint density at radius 1 is 1.00 bits per heavy atom. The fourth-order valence-corrected chi connectivity index (χ4v) is 2.22. The summed E-state index contributed by atoms with van der Waals surface area (Å²) in [5.74, 6) is 0.429. The number of nitriles is 1. The molecule has 0 aromatic heterocycles. The molecule has 0 atom stereocenters. The monoisotopic (exact) mass is 369 g/mol. The maximum atomic E-state index is 12.0. The van der Waals surface area contributed by atoms with Crippen LogP contribution in [0.1, 0.15) is 11.1 Å². The number of ether oxygens (including phenoxy) is 3. The lowest BCUT2D eigenvalue weighted by atomic mass is 10.1. The molecule has 0 unspecified atom stereocenters. The lowest BCUT2D eigenvalue weighted by molar-refractivity contribution is -0.129. The SMILES string of the molecule is COc1ccc(CC(=O)NNC(=O)COc2ccccc2C#N)c(OC)c1. The van der Waals surface area contributed by atoms with Crippen LogP contribution in [0, 0.1) is 11.3 Å². The van der Waals surface area contributed by atoms with Crippen molar-refractivity contribution in [3.63, 3.8) is 0 Å². The molecule has 0 aliphatic carbocycles. The summed E-state index contributed by atoms with van der Waals surface area (Å²) in [4.78, 5) is 23.8. The van der Waals surface area contributed by atoms with Gasteiger partial charge in [-0.3, -0.25) is 20.4 Å². The normalized spacial score (nSPS) is 9.67. The van der Waals surface area contributed by atoms with Gasteiger partial charge in [-0.25, -0.2) is 0 Å². The van der Waals surface area contributed by atoms with Crippen molar-refractivity contribution in [1.29, 1.82) is 5.26 Å². The van der Waals surface area contributed by atoms with E-state index in [2.05, 4.69) is 10.9 Å². The number of nitrogens with one attached hydrogen (secondary N) is 2. The van der Waals surface area contributed by atoms with Crippen molar-refractivity contribution in [1.82, 2.24) is 10.9 Å². The van der Waals surface area contributed by atoms with Crippen LogP contribution in [0.25, 0.3) is 0 Å². The summed E-state index contributed by atoms with van der Waals surface area (Å²) in [6, 6.07) is 13.6. The van der Waals surface area contributed by atoms with Crippen molar-refractivity contribution in [2.45, 2.75) is 6.42 Å². The van der Waals surface area contributed by atoms with Gasteiger partial charge in [-0.2, -0.15) is 5.26 Å². The van der Waals surface area contributed by atoms with E-state index in [1.807, 2.05) is 6.07 Å². The third-order valence-electron chi connectivity index (χ3n) is 3.55. The summed E-state index contributed by atoms with van der Waals surface area (Å²) in [6.45, 7) is -0.342. The molecule has 0 saturated heterocycles. The minimum absolute atomic E-state index is 0.00553. The summed E-state index contributed by atoms with van der Waals surface area (Å²) in [7, 11) is 3.03. The molecule has 2 aromatic carbocycles. The highest BCUT2D eigenvalue weighted by atomic mass is 16.5. The van der Waals surface area contributed by atoms with E-state index in [-0.39, 0.29) is 13.0 Å². The number of hydrogen-bond donors (Lipinski definition) is 2. The van der Waals surface area contributed by atoms with Gasteiger partial charge in [0.2, 0.25) is 5.91 Å². The van der Waals surface area contributed by atoms with E-state index in [9.17, 15) is 9.59 Å². The Balaban J connectivity index is 1.83. The van der Waals surface area contributed by atoms with Gasteiger partial charge in [0.15, 0.2) is 6.61 Å². The first-order chi connectivity index (χ1) is 13.1. The van der Waals surface area contributed by atoms with Crippen molar-refractivity contribution in [2.24, 2.45) is 0 Å². The van der Waals surface area contributed by atoms with E-state index in [0.717, 1.165) is 0 Å². The molecule has 8 heteroatoms. The number of amides is 2.